The van der Waals surface area contributed by atoms with Gasteiger partial charge in [0, 0.05) is 26.2 Å². The minimum atomic E-state index is 0.819. The van der Waals surface area contributed by atoms with E-state index in [4.69, 9.17) is 4.74 Å². The third-order valence-corrected chi connectivity index (χ3v) is 4.96. The smallest absolute Gasteiger partial charge is 0.0775 e. The van der Waals surface area contributed by atoms with Crippen LogP contribution in [0.3, 0.4) is 0 Å². The number of morpholine rings is 1. The van der Waals surface area contributed by atoms with Crippen LogP contribution in [-0.2, 0) is 4.74 Å². The van der Waals surface area contributed by atoms with Crippen LogP contribution in [0, 0.1) is 0 Å². The molecule has 0 bridgehead atoms. The van der Waals surface area contributed by atoms with Gasteiger partial charge >= 0.3 is 0 Å². The van der Waals surface area contributed by atoms with Gasteiger partial charge in [-0.2, -0.15) is 20.4 Å². The van der Waals surface area contributed by atoms with E-state index >= 15 is 0 Å². The first-order valence-corrected chi connectivity index (χ1v) is 8.10. The van der Waals surface area contributed by atoms with Crippen LogP contribution in [-0.4, -0.2) is 64.7 Å². The molecule has 2 aromatic heterocycles. The number of fused-ring (bicyclic) bond motifs is 2. The molecule has 0 atom stereocenters. The van der Waals surface area contributed by atoms with Crippen LogP contribution < -0.4 is 4.90 Å². The Balaban J connectivity index is 1.60. The summed E-state index contributed by atoms with van der Waals surface area (Å²) < 4.78 is 5.41. The highest BCUT2D eigenvalue weighted by atomic mass is 32.2. The number of nitrogens with zero attached hydrogens (tertiary/aromatic N) is 6. The van der Waals surface area contributed by atoms with E-state index in [0.717, 1.165) is 60.6 Å². The van der Waals surface area contributed by atoms with Crippen molar-refractivity contribution in [2.24, 2.45) is 0 Å². The molecule has 0 aromatic carbocycles. The molecule has 22 heavy (non-hydrogen) atoms. The fourth-order valence-electron chi connectivity index (χ4n) is 2.73. The second kappa shape index (κ2) is 6.15. The van der Waals surface area contributed by atoms with Crippen molar-refractivity contribution in [3.8, 4) is 0 Å². The van der Waals surface area contributed by atoms with Crippen molar-refractivity contribution >= 4 is 23.1 Å². The standard InChI is InChI=1S/C14H16N6OS/c1(19-3-5-21-6-4-19)2-20-11-7-15-17-9-13(11)22-14-10-18-16-8-12(14)20/h7-10H,1-6H2. The molecule has 0 aliphatic carbocycles. The highest BCUT2D eigenvalue weighted by Crippen LogP contribution is 2.46. The first kappa shape index (κ1) is 13.9. The molecule has 1 fully saturated rings. The molecular formula is C14H16N6OS. The summed E-state index contributed by atoms with van der Waals surface area (Å²) in [5, 5.41) is 16.1. The van der Waals surface area contributed by atoms with E-state index in [2.05, 4.69) is 30.2 Å². The van der Waals surface area contributed by atoms with Crippen molar-refractivity contribution in [2.75, 3.05) is 44.3 Å². The van der Waals surface area contributed by atoms with E-state index in [1.54, 1.807) is 11.8 Å². The summed E-state index contributed by atoms with van der Waals surface area (Å²) in [6.07, 6.45) is 7.27. The van der Waals surface area contributed by atoms with Crippen LogP contribution in [0.5, 0.6) is 0 Å². The molecule has 2 aromatic rings. The van der Waals surface area contributed by atoms with Crippen molar-refractivity contribution in [3.05, 3.63) is 24.8 Å². The minimum absolute atomic E-state index is 0.819. The molecule has 0 unspecified atom stereocenters. The van der Waals surface area contributed by atoms with Gasteiger partial charge in [0.05, 0.1) is 59.2 Å². The number of hydrogen-bond donors (Lipinski definition) is 0. The van der Waals surface area contributed by atoms with Crippen molar-refractivity contribution in [1.29, 1.82) is 0 Å². The lowest BCUT2D eigenvalue weighted by atomic mass is 10.3. The fourth-order valence-corrected chi connectivity index (χ4v) is 3.70. The number of anilines is 2. The van der Waals surface area contributed by atoms with Gasteiger partial charge in [0.2, 0.25) is 0 Å². The van der Waals surface area contributed by atoms with Gasteiger partial charge in [-0.1, -0.05) is 11.8 Å². The fraction of sp³-hybridized carbons (Fsp3) is 0.429. The van der Waals surface area contributed by atoms with E-state index in [-0.39, 0.29) is 0 Å². The average Bonchev–Trinajstić information content (AvgIpc) is 2.59. The molecule has 2 aliphatic rings. The van der Waals surface area contributed by atoms with E-state index in [1.807, 2.05) is 24.8 Å². The van der Waals surface area contributed by atoms with E-state index in [0.29, 0.717) is 0 Å². The molecule has 8 heteroatoms. The lowest BCUT2D eigenvalue weighted by Crippen LogP contribution is -2.41. The maximum absolute atomic E-state index is 5.41. The Morgan fingerprint density at radius 1 is 0.864 bits per heavy atom. The monoisotopic (exact) mass is 316 g/mol. The van der Waals surface area contributed by atoms with Gasteiger partial charge in [0.25, 0.3) is 0 Å². The maximum Gasteiger partial charge on any atom is 0.0775 e. The Morgan fingerprint density at radius 2 is 1.45 bits per heavy atom. The molecule has 4 heterocycles. The van der Waals surface area contributed by atoms with Crippen molar-refractivity contribution in [1.82, 2.24) is 25.3 Å². The van der Waals surface area contributed by atoms with Gasteiger partial charge in [-0.25, -0.2) is 0 Å². The summed E-state index contributed by atoms with van der Waals surface area (Å²) in [7, 11) is 0. The Bertz CT molecular complexity index is 618. The third kappa shape index (κ3) is 2.65. The van der Waals surface area contributed by atoms with Gasteiger partial charge < -0.3 is 9.64 Å². The summed E-state index contributed by atoms with van der Waals surface area (Å²) in [4.78, 5) is 6.91. The zero-order chi connectivity index (χ0) is 14.8. The summed E-state index contributed by atoms with van der Waals surface area (Å²) in [6, 6.07) is 0. The SMILES string of the molecule is c1nncc2c1Sc1cnncc1N2CCN1CCOCC1. The lowest BCUT2D eigenvalue weighted by molar-refractivity contribution is 0.0394. The molecule has 7 nitrogen and oxygen atoms in total. The molecule has 0 saturated carbocycles. The van der Waals surface area contributed by atoms with Gasteiger partial charge in [-0.3, -0.25) is 4.90 Å². The van der Waals surface area contributed by atoms with E-state index in [9.17, 15) is 0 Å². The second-order valence-corrected chi connectivity index (χ2v) is 6.27. The Kier molecular flexibility index (Phi) is 3.88. The molecule has 4 rings (SSSR count). The van der Waals surface area contributed by atoms with Crippen molar-refractivity contribution in [3.63, 3.8) is 0 Å². The Hall–Kier alpha value is -1.77. The zero-order valence-corrected chi connectivity index (χ0v) is 12.9. The number of aromatic nitrogens is 4. The van der Waals surface area contributed by atoms with E-state index in [1.165, 1.54) is 0 Å². The topological polar surface area (TPSA) is 67.3 Å². The predicted octanol–water partition coefficient (Wildman–Crippen LogP) is 1.20. The summed E-state index contributed by atoms with van der Waals surface area (Å²) >= 11 is 1.67. The van der Waals surface area contributed by atoms with Gasteiger partial charge in [0.1, 0.15) is 0 Å². The second-order valence-electron chi connectivity index (χ2n) is 5.18. The molecule has 0 N–H and O–H groups in total. The normalized spacial score (nSPS) is 17.9. The summed E-state index contributed by atoms with van der Waals surface area (Å²) in [5.74, 6) is 0. The Labute approximate surface area is 132 Å². The van der Waals surface area contributed by atoms with Gasteiger partial charge in [0.15, 0.2) is 0 Å². The highest BCUT2D eigenvalue weighted by Gasteiger charge is 2.25. The number of rotatable bonds is 3. The average molecular weight is 316 g/mol. The molecule has 0 radical (unpaired) electrons. The van der Waals surface area contributed by atoms with Gasteiger partial charge in [-0.05, 0) is 0 Å². The largest absolute Gasteiger partial charge is 0.379 e. The van der Waals surface area contributed by atoms with Crippen LogP contribution in [0.25, 0.3) is 0 Å². The Morgan fingerprint density at radius 3 is 2.09 bits per heavy atom. The minimum Gasteiger partial charge on any atom is -0.379 e. The lowest BCUT2D eigenvalue weighted by Gasteiger charge is -2.34. The highest BCUT2D eigenvalue weighted by molar-refractivity contribution is 7.99. The number of hydrogen-bond acceptors (Lipinski definition) is 8. The van der Waals surface area contributed by atoms with Crippen LogP contribution in [0.2, 0.25) is 0 Å². The molecule has 1 saturated heterocycles. The van der Waals surface area contributed by atoms with Crippen LogP contribution in [0.15, 0.2) is 34.6 Å². The summed E-state index contributed by atoms with van der Waals surface area (Å²) in [6.45, 7) is 5.49. The van der Waals surface area contributed by atoms with Crippen molar-refractivity contribution < 1.29 is 4.74 Å². The van der Waals surface area contributed by atoms with Crippen molar-refractivity contribution in [2.45, 2.75) is 9.79 Å². The molecule has 0 spiro atoms. The predicted molar refractivity (Wildman–Crippen MR) is 82.5 cm³/mol. The molecule has 0 amide bonds. The zero-order valence-electron chi connectivity index (χ0n) is 12.1. The first-order chi connectivity index (χ1) is 10.9. The molecule has 114 valence electrons. The third-order valence-electron chi connectivity index (χ3n) is 3.89. The van der Waals surface area contributed by atoms with Crippen LogP contribution in [0.4, 0.5) is 11.4 Å². The van der Waals surface area contributed by atoms with Crippen LogP contribution >= 0.6 is 11.8 Å². The maximum atomic E-state index is 5.41. The molecule has 2 aliphatic heterocycles. The van der Waals surface area contributed by atoms with Gasteiger partial charge in [-0.15, -0.1) is 0 Å². The quantitative estimate of drug-likeness (QED) is 0.837. The van der Waals surface area contributed by atoms with Crippen LogP contribution in [0.1, 0.15) is 0 Å². The number of ether oxygens (including phenoxy) is 1. The molecular weight excluding hydrogens is 300 g/mol. The van der Waals surface area contributed by atoms with E-state index < -0.39 is 0 Å². The first-order valence-electron chi connectivity index (χ1n) is 7.29. The summed E-state index contributed by atoms with van der Waals surface area (Å²) in [5.41, 5.74) is 2.18.